The lowest BCUT2D eigenvalue weighted by Gasteiger charge is -2.08. The number of fused-ring (bicyclic) bond motifs is 1. The summed E-state index contributed by atoms with van der Waals surface area (Å²) in [6.07, 6.45) is -3.67. The van der Waals surface area contributed by atoms with Crippen LogP contribution in [0.25, 0.3) is 10.8 Å². The van der Waals surface area contributed by atoms with Gasteiger partial charge >= 0.3 is 6.36 Å². The van der Waals surface area contributed by atoms with Gasteiger partial charge in [0.1, 0.15) is 11.5 Å². The van der Waals surface area contributed by atoms with Gasteiger partial charge in [-0.2, -0.15) is 0 Å². The predicted octanol–water partition coefficient (Wildman–Crippen LogP) is 6.63. The maximum absolute atomic E-state index is 12.2. The Morgan fingerprint density at radius 1 is 0.781 bits per heavy atom. The molecule has 4 rings (SSSR count). The van der Waals surface area contributed by atoms with Crippen LogP contribution in [0.5, 0.6) is 11.5 Å². The minimum absolute atomic E-state index is 0.252. The lowest BCUT2D eigenvalue weighted by molar-refractivity contribution is -0.274. The van der Waals surface area contributed by atoms with Crippen molar-refractivity contribution in [2.24, 2.45) is 0 Å². The van der Waals surface area contributed by atoms with Gasteiger partial charge in [0.15, 0.2) is 0 Å². The first-order chi connectivity index (χ1) is 15.4. The number of aromatic hydroxyl groups is 1. The van der Waals surface area contributed by atoms with Gasteiger partial charge in [-0.25, -0.2) is 0 Å². The molecular weight excluding hydrogens is 413 g/mol. The second kappa shape index (κ2) is 9.07. The van der Waals surface area contributed by atoms with Crippen molar-refractivity contribution in [2.45, 2.75) is 19.2 Å². The van der Waals surface area contributed by atoms with Gasteiger partial charge < -0.3 is 9.84 Å². The highest BCUT2D eigenvalue weighted by molar-refractivity contribution is 5.86. The van der Waals surface area contributed by atoms with Crippen molar-refractivity contribution in [3.8, 4) is 23.3 Å². The van der Waals surface area contributed by atoms with E-state index in [9.17, 15) is 18.3 Å². The Morgan fingerprint density at radius 2 is 1.53 bits per heavy atom. The van der Waals surface area contributed by atoms with E-state index in [-0.39, 0.29) is 11.5 Å². The average Bonchev–Trinajstić information content (AvgIpc) is 2.75. The van der Waals surface area contributed by atoms with Crippen LogP contribution in [0.4, 0.5) is 13.2 Å². The second-order valence-corrected chi connectivity index (χ2v) is 7.38. The van der Waals surface area contributed by atoms with E-state index in [1.165, 1.54) is 12.1 Å². The second-order valence-electron chi connectivity index (χ2n) is 7.38. The molecule has 0 aliphatic carbocycles. The van der Waals surface area contributed by atoms with Crippen molar-refractivity contribution < 1.29 is 23.0 Å². The highest BCUT2D eigenvalue weighted by atomic mass is 19.4. The molecule has 0 saturated heterocycles. The van der Waals surface area contributed by atoms with Gasteiger partial charge in [-0.1, -0.05) is 60.4 Å². The molecule has 0 amide bonds. The summed E-state index contributed by atoms with van der Waals surface area (Å²) in [5, 5.41) is 12.3. The molecular formula is C27H19F3O2. The van der Waals surface area contributed by atoms with Crippen molar-refractivity contribution >= 4 is 10.8 Å². The third-order valence-corrected chi connectivity index (χ3v) is 4.96. The minimum Gasteiger partial charge on any atom is -0.508 e. The van der Waals surface area contributed by atoms with Crippen LogP contribution in [0.1, 0.15) is 22.3 Å². The molecule has 0 radical (unpaired) electrons. The molecule has 32 heavy (non-hydrogen) atoms. The smallest absolute Gasteiger partial charge is 0.508 e. The summed E-state index contributed by atoms with van der Waals surface area (Å²) < 4.78 is 40.6. The van der Waals surface area contributed by atoms with Crippen LogP contribution in [0.2, 0.25) is 0 Å². The highest BCUT2D eigenvalue weighted by Gasteiger charge is 2.30. The van der Waals surface area contributed by atoms with Gasteiger partial charge in [0.25, 0.3) is 0 Å². The van der Waals surface area contributed by atoms with Crippen LogP contribution in [-0.4, -0.2) is 11.5 Å². The summed E-state index contributed by atoms with van der Waals surface area (Å²) in [7, 11) is 0. The standard InChI is InChI=1S/C27H19F3O2/c28-27(29,30)32-25-13-10-19(11-14-25)7-4-8-21-9-12-22-18-26(31)24(17-23(22)15-21)16-20-5-2-1-3-6-20/h1-3,5-6,9-15,17-18,31H,7,16H2. The van der Waals surface area contributed by atoms with Gasteiger partial charge in [0.05, 0.1) is 0 Å². The molecule has 0 aliphatic rings. The Hall–Kier alpha value is -3.91. The molecule has 0 saturated carbocycles. The zero-order valence-corrected chi connectivity index (χ0v) is 17.0. The maximum atomic E-state index is 12.2. The number of phenols is 1. The van der Waals surface area contributed by atoms with Crippen LogP contribution in [0.15, 0.2) is 84.9 Å². The summed E-state index contributed by atoms with van der Waals surface area (Å²) in [5.41, 5.74) is 3.58. The van der Waals surface area contributed by atoms with E-state index in [4.69, 9.17) is 0 Å². The lowest BCUT2D eigenvalue weighted by atomic mass is 9.99. The summed E-state index contributed by atoms with van der Waals surface area (Å²) in [6.45, 7) is 0. The first kappa shape index (κ1) is 21.3. The topological polar surface area (TPSA) is 29.5 Å². The Balaban J connectivity index is 1.49. The molecule has 0 fully saturated rings. The largest absolute Gasteiger partial charge is 0.573 e. The fourth-order valence-corrected chi connectivity index (χ4v) is 3.43. The fraction of sp³-hybridized carbons (Fsp3) is 0.111. The van der Waals surface area contributed by atoms with E-state index in [1.807, 2.05) is 54.6 Å². The molecule has 0 spiro atoms. The number of alkyl halides is 3. The summed E-state index contributed by atoms with van der Waals surface area (Å²) in [5.74, 6) is 6.16. The van der Waals surface area contributed by atoms with Crippen LogP contribution in [-0.2, 0) is 12.8 Å². The molecule has 0 unspecified atom stereocenters. The zero-order chi connectivity index (χ0) is 22.6. The van der Waals surface area contributed by atoms with Gasteiger partial charge in [-0.05, 0) is 63.9 Å². The lowest BCUT2D eigenvalue weighted by Crippen LogP contribution is -2.16. The Labute approximate surface area is 183 Å². The summed E-state index contributed by atoms with van der Waals surface area (Å²) in [6, 6.07) is 25.1. The minimum atomic E-state index is -4.70. The molecule has 160 valence electrons. The van der Waals surface area contributed by atoms with Crippen LogP contribution in [0, 0.1) is 11.8 Å². The molecule has 0 aliphatic heterocycles. The van der Waals surface area contributed by atoms with Gasteiger partial charge in [-0.15, -0.1) is 13.2 Å². The van der Waals surface area contributed by atoms with Gasteiger partial charge in [0, 0.05) is 18.4 Å². The van der Waals surface area contributed by atoms with Crippen molar-refractivity contribution in [1.82, 2.24) is 0 Å². The first-order valence-corrected chi connectivity index (χ1v) is 9.99. The van der Waals surface area contributed by atoms with Crippen LogP contribution in [0.3, 0.4) is 0 Å². The van der Waals surface area contributed by atoms with E-state index < -0.39 is 6.36 Å². The van der Waals surface area contributed by atoms with Crippen molar-refractivity contribution in [2.75, 3.05) is 0 Å². The summed E-state index contributed by atoms with van der Waals surface area (Å²) >= 11 is 0. The number of hydrogen-bond acceptors (Lipinski definition) is 2. The number of phenolic OH excluding ortho intramolecular Hbond substituents is 1. The molecule has 1 N–H and O–H groups in total. The molecule has 4 aromatic rings. The molecule has 2 nitrogen and oxygen atoms in total. The SMILES string of the molecule is Oc1cc2ccc(C#CCc3ccc(OC(F)(F)F)cc3)cc2cc1Cc1ccccc1. The highest BCUT2D eigenvalue weighted by Crippen LogP contribution is 2.28. The molecule has 5 heteroatoms. The fourth-order valence-electron chi connectivity index (χ4n) is 3.43. The number of halogens is 3. The quantitative estimate of drug-likeness (QED) is 0.367. The van der Waals surface area contributed by atoms with Gasteiger partial charge in [0.2, 0.25) is 0 Å². The van der Waals surface area contributed by atoms with E-state index in [0.717, 1.165) is 33.0 Å². The Kier molecular flexibility index (Phi) is 6.04. The van der Waals surface area contributed by atoms with E-state index in [0.29, 0.717) is 12.8 Å². The first-order valence-electron chi connectivity index (χ1n) is 9.99. The van der Waals surface area contributed by atoms with Crippen LogP contribution < -0.4 is 4.74 Å². The molecule has 4 aromatic carbocycles. The van der Waals surface area contributed by atoms with Crippen LogP contribution >= 0.6 is 0 Å². The molecule has 0 atom stereocenters. The molecule has 0 bridgehead atoms. The van der Waals surface area contributed by atoms with Crippen molar-refractivity contribution in [1.29, 1.82) is 0 Å². The predicted molar refractivity (Wildman–Crippen MR) is 119 cm³/mol. The van der Waals surface area contributed by atoms with Crippen molar-refractivity contribution in [3.05, 3.63) is 107 Å². The average molecular weight is 432 g/mol. The number of ether oxygens (including phenoxy) is 1. The number of benzene rings is 4. The Morgan fingerprint density at radius 3 is 2.25 bits per heavy atom. The van der Waals surface area contributed by atoms with E-state index in [2.05, 4.69) is 16.6 Å². The van der Waals surface area contributed by atoms with E-state index >= 15 is 0 Å². The van der Waals surface area contributed by atoms with Gasteiger partial charge in [-0.3, -0.25) is 0 Å². The maximum Gasteiger partial charge on any atom is 0.573 e. The number of rotatable bonds is 4. The van der Waals surface area contributed by atoms with Crippen molar-refractivity contribution in [3.63, 3.8) is 0 Å². The molecule has 0 aromatic heterocycles. The van der Waals surface area contributed by atoms with E-state index in [1.54, 1.807) is 18.2 Å². The third-order valence-electron chi connectivity index (χ3n) is 4.96. The summed E-state index contributed by atoms with van der Waals surface area (Å²) in [4.78, 5) is 0. The molecule has 0 heterocycles. The Bertz CT molecular complexity index is 1280. The third kappa shape index (κ3) is 5.61. The zero-order valence-electron chi connectivity index (χ0n) is 17.0. The number of hydrogen-bond donors (Lipinski definition) is 1. The monoisotopic (exact) mass is 432 g/mol. The normalized spacial score (nSPS) is 11.1.